The molecule has 1 aromatic carbocycles. The maximum Gasteiger partial charge on any atom is 0.416 e. The van der Waals surface area contributed by atoms with Crippen LogP contribution in [-0.4, -0.2) is 26.3 Å². The first-order valence-electron chi connectivity index (χ1n) is 6.88. The van der Waals surface area contributed by atoms with Crippen molar-refractivity contribution in [3.63, 3.8) is 0 Å². The van der Waals surface area contributed by atoms with Gasteiger partial charge in [-0.2, -0.15) is 18.4 Å². The number of rotatable bonds is 1. The van der Waals surface area contributed by atoms with E-state index in [-0.39, 0.29) is 11.0 Å². The molecule has 21 heavy (non-hydrogen) atoms. The van der Waals surface area contributed by atoms with E-state index in [0.29, 0.717) is 12.3 Å². The third-order valence-corrected chi connectivity index (χ3v) is 4.41. The molecule has 112 valence electrons. The van der Waals surface area contributed by atoms with Gasteiger partial charge in [0.25, 0.3) is 0 Å². The minimum absolute atomic E-state index is 0.0841. The van der Waals surface area contributed by atoms with Gasteiger partial charge in [0, 0.05) is 25.1 Å². The molecule has 1 aromatic rings. The second-order valence-corrected chi connectivity index (χ2v) is 5.82. The van der Waals surface area contributed by atoms with E-state index in [1.54, 1.807) is 0 Å². The molecule has 0 N–H and O–H groups in total. The zero-order valence-electron chi connectivity index (χ0n) is 11.4. The molecule has 3 rings (SSSR count). The summed E-state index contributed by atoms with van der Waals surface area (Å²) in [5.74, 6) is 0. The maximum atomic E-state index is 12.7. The summed E-state index contributed by atoms with van der Waals surface area (Å²) in [6.07, 6.45) is -2.49. The van der Waals surface area contributed by atoms with E-state index in [4.69, 9.17) is 10.00 Å². The molecule has 1 spiro atoms. The summed E-state index contributed by atoms with van der Waals surface area (Å²) in [5, 5.41) is 9.16. The molecule has 2 fully saturated rings. The molecule has 6 heteroatoms. The Bertz CT molecular complexity index is 586. The van der Waals surface area contributed by atoms with Gasteiger partial charge in [0.15, 0.2) is 0 Å². The van der Waals surface area contributed by atoms with Crippen molar-refractivity contribution < 1.29 is 17.9 Å². The quantitative estimate of drug-likeness (QED) is 0.798. The first-order chi connectivity index (χ1) is 9.93. The Labute approximate surface area is 120 Å². The number of nitriles is 1. The molecular formula is C15H15F3N2O. The number of nitrogens with zero attached hydrogens (tertiary/aromatic N) is 2. The molecule has 1 atom stereocenters. The van der Waals surface area contributed by atoms with Crippen LogP contribution in [-0.2, 0) is 10.9 Å². The first kappa shape index (κ1) is 14.2. The molecule has 0 aromatic heterocycles. The van der Waals surface area contributed by atoms with Crippen LogP contribution in [0.5, 0.6) is 0 Å². The van der Waals surface area contributed by atoms with Crippen molar-refractivity contribution in [3.05, 3.63) is 29.3 Å². The normalized spacial score (nSPS) is 25.5. The number of alkyl halides is 3. The van der Waals surface area contributed by atoms with Crippen molar-refractivity contribution in [2.24, 2.45) is 5.41 Å². The molecule has 0 saturated carbocycles. The molecular weight excluding hydrogens is 281 g/mol. The summed E-state index contributed by atoms with van der Waals surface area (Å²) < 4.78 is 43.6. The first-order valence-corrected chi connectivity index (χ1v) is 6.88. The van der Waals surface area contributed by atoms with Crippen molar-refractivity contribution in [1.82, 2.24) is 0 Å². The smallest absolute Gasteiger partial charge is 0.381 e. The lowest BCUT2D eigenvalue weighted by molar-refractivity contribution is -0.137. The van der Waals surface area contributed by atoms with Crippen LogP contribution < -0.4 is 4.90 Å². The van der Waals surface area contributed by atoms with Crippen LogP contribution in [0.4, 0.5) is 18.9 Å². The summed E-state index contributed by atoms with van der Waals surface area (Å²) in [4.78, 5) is 2.01. The predicted octanol–water partition coefficient (Wildman–Crippen LogP) is 3.19. The van der Waals surface area contributed by atoms with Crippen LogP contribution in [0.25, 0.3) is 0 Å². The SMILES string of the molecule is N#Cc1cc(C(F)(F)F)ccc1N1CCC2(CCOC2)C1. The summed E-state index contributed by atoms with van der Waals surface area (Å²) in [6.45, 7) is 2.94. The number of hydrogen-bond donors (Lipinski definition) is 0. The van der Waals surface area contributed by atoms with Gasteiger partial charge in [-0.3, -0.25) is 0 Å². The molecule has 2 aliphatic rings. The van der Waals surface area contributed by atoms with Gasteiger partial charge in [-0.25, -0.2) is 0 Å². The highest BCUT2D eigenvalue weighted by atomic mass is 19.4. The van der Waals surface area contributed by atoms with Crippen LogP contribution in [0.1, 0.15) is 24.0 Å². The van der Waals surface area contributed by atoms with E-state index in [1.165, 1.54) is 6.07 Å². The van der Waals surface area contributed by atoms with Crippen molar-refractivity contribution in [3.8, 4) is 6.07 Å². The summed E-state index contributed by atoms with van der Waals surface area (Å²) in [7, 11) is 0. The Morgan fingerprint density at radius 1 is 1.29 bits per heavy atom. The fourth-order valence-electron chi connectivity index (χ4n) is 3.19. The Balaban J connectivity index is 1.88. The van der Waals surface area contributed by atoms with Gasteiger partial charge in [-0.05, 0) is 31.0 Å². The lowest BCUT2D eigenvalue weighted by Crippen LogP contribution is -2.28. The largest absolute Gasteiger partial charge is 0.416 e. The highest BCUT2D eigenvalue weighted by Crippen LogP contribution is 2.41. The highest BCUT2D eigenvalue weighted by Gasteiger charge is 2.42. The number of ether oxygens (including phenoxy) is 1. The maximum absolute atomic E-state index is 12.7. The number of anilines is 1. The summed E-state index contributed by atoms with van der Waals surface area (Å²) >= 11 is 0. The van der Waals surface area contributed by atoms with Gasteiger partial charge in [0.2, 0.25) is 0 Å². The van der Waals surface area contributed by atoms with Gasteiger partial charge in [0.1, 0.15) is 6.07 Å². The second-order valence-electron chi connectivity index (χ2n) is 5.82. The zero-order chi connectivity index (χ0) is 15.1. The van der Waals surface area contributed by atoms with Crippen LogP contribution in [0, 0.1) is 16.7 Å². The lowest BCUT2D eigenvalue weighted by atomic mass is 9.87. The zero-order valence-corrected chi connectivity index (χ0v) is 11.4. The highest BCUT2D eigenvalue weighted by molar-refractivity contribution is 5.61. The Morgan fingerprint density at radius 2 is 2.10 bits per heavy atom. The molecule has 1 unspecified atom stereocenters. The van der Waals surface area contributed by atoms with Gasteiger partial charge < -0.3 is 9.64 Å². The van der Waals surface area contributed by atoms with Crippen LogP contribution in [0.3, 0.4) is 0 Å². The van der Waals surface area contributed by atoms with Gasteiger partial charge in [0.05, 0.1) is 23.4 Å². The average molecular weight is 296 g/mol. The van der Waals surface area contributed by atoms with E-state index in [1.807, 2.05) is 11.0 Å². The second kappa shape index (κ2) is 4.92. The van der Waals surface area contributed by atoms with E-state index in [2.05, 4.69) is 0 Å². The van der Waals surface area contributed by atoms with Gasteiger partial charge in [-0.15, -0.1) is 0 Å². The van der Waals surface area contributed by atoms with E-state index >= 15 is 0 Å². The molecule has 2 aliphatic heterocycles. The van der Waals surface area contributed by atoms with Gasteiger partial charge >= 0.3 is 6.18 Å². The van der Waals surface area contributed by atoms with Crippen molar-refractivity contribution in [2.45, 2.75) is 19.0 Å². The predicted molar refractivity (Wildman–Crippen MR) is 70.9 cm³/mol. The fraction of sp³-hybridized carbons (Fsp3) is 0.533. The molecule has 2 heterocycles. The standard InChI is InChI=1S/C15H15F3N2O/c16-15(17,18)12-1-2-13(11(7-12)8-19)20-5-3-14(9-20)4-6-21-10-14/h1-2,7H,3-6,9-10H2. The fourth-order valence-corrected chi connectivity index (χ4v) is 3.19. The average Bonchev–Trinajstić information content (AvgIpc) is 3.08. The molecule has 2 saturated heterocycles. The summed E-state index contributed by atoms with van der Waals surface area (Å²) in [5.41, 5.74) is 0.00562. The molecule has 0 aliphatic carbocycles. The number of hydrogen-bond acceptors (Lipinski definition) is 3. The third-order valence-electron chi connectivity index (χ3n) is 4.41. The van der Waals surface area contributed by atoms with Crippen LogP contribution in [0.2, 0.25) is 0 Å². The van der Waals surface area contributed by atoms with Crippen molar-refractivity contribution in [1.29, 1.82) is 5.26 Å². The molecule has 3 nitrogen and oxygen atoms in total. The topological polar surface area (TPSA) is 36.3 Å². The lowest BCUT2D eigenvalue weighted by Gasteiger charge is -2.24. The van der Waals surface area contributed by atoms with Crippen molar-refractivity contribution in [2.75, 3.05) is 31.2 Å². The minimum Gasteiger partial charge on any atom is -0.381 e. The Hall–Kier alpha value is -1.74. The molecule has 0 radical (unpaired) electrons. The number of halogens is 3. The van der Waals surface area contributed by atoms with E-state index in [0.717, 1.165) is 44.7 Å². The minimum atomic E-state index is -4.42. The summed E-state index contributed by atoms with van der Waals surface area (Å²) in [6, 6.07) is 5.29. The Kier molecular flexibility index (Phi) is 3.33. The Morgan fingerprint density at radius 3 is 2.71 bits per heavy atom. The monoisotopic (exact) mass is 296 g/mol. The van der Waals surface area contributed by atoms with Crippen LogP contribution >= 0.6 is 0 Å². The third kappa shape index (κ3) is 2.58. The van der Waals surface area contributed by atoms with Crippen molar-refractivity contribution >= 4 is 5.69 Å². The molecule has 0 amide bonds. The molecule has 0 bridgehead atoms. The van der Waals surface area contributed by atoms with Gasteiger partial charge in [-0.1, -0.05) is 0 Å². The number of benzene rings is 1. The van der Waals surface area contributed by atoms with Crippen LogP contribution in [0.15, 0.2) is 18.2 Å². The van der Waals surface area contributed by atoms with E-state index < -0.39 is 11.7 Å². The van der Waals surface area contributed by atoms with E-state index in [9.17, 15) is 13.2 Å².